The minimum atomic E-state index is 0.113. The summed E-state index contributed by atoms with van der Waals surface area (Å²) in [6.07, 6.45) is 14.9. The van der Waals surface area contributed by atoms with Crippen LogP contribution >= 0.6 is 0 Å². The predicted octanol–water partition coefficient (Wildman–Crippen LogP) is 4.84. The lowest BCUT2D eigenvalue weighted by atomic mass is 9.77. The predicted molar refractivity (Wildman–Crippen MR) is 88.2 cm³/mol. The van der Waals surface area contributed by atoms with Crippen molar-refractivity contribution in [3.8, 4) is 0 Å². The van der Waals surface area contributed by atoms with Gasteiger partial charge in [-0.05, 0) is 45.6 Å². The average molecular weight is 281 g/mol. The number of allylic oxidation sites excluding steroid dienone is 1. The molecule has 0 bridgehead atoms. The van der Waals surface area contributed by atoms with Crippen molar-refractivity contribution in [3.05, 3.63) is 12.7 Å². The lowest BCUT2D eigenvalue weighted by Crippen LogP contribution is -2.53. The van der Waals surface area contributed by atoms with E-state index in [4.69, 9.17) is 4.74 Å². The standard InChI is InChI=1S/C18H35NO/c1-4-7-8-9-11-14-17(19-5-2)18(20-6-3)15-12-10-13-16-18/h4,17,19H,1,5-16H2,2-3H3. The van der Waals surface area contributed by atoms with Crippen molar-refractivity contribution in [2.75, 3.05) is 13.2 Å². The smallest absolute Gasteiger partial charge is 0.0834 e. The van der Waals surface area contributed by atoms with Gasteiger partial charge in [0.15, 0.2) is 0 Å². The molecule has 1 N–H and O–H groups in total. The molecule has 0 saturated heterocycles. The number of hydrogen-bond donors (Lipinski definition) is 1. The first-order chi connectivity index (χ1) is 9.79. The summed E-state index contributed by atoms with van der Waals surface area (Å²) < 4.78 is 6.28. The van der Waals surface area contributed by atoms with E-state index in [-0.39, 0.29) is 5.60 Å². The maximum atomic E-state index is 6.28. The lowest BCUT2D eigenvalue weighted by molar-refractivity contribution is -0.0915. The number of nitrogens with one attached hydrogen (secondary N) is 1. The summed E-state index contributed by atoms with van der Waals surface area (Å²) in [4.78, 5) is 0. The Hall–Kier alpha value is -0.340. The van der Waals surface area contributed by atoms with Crippen LogP contribution in [0.15, 0.2) is 12.7 Å². The molecule has 1 aliphatic carbocycles. The molecule has 1 saturated carbocycles. The Morgan fingerprint density at radius 2 is 1.90 bits per heavy atom. The van der Waals surface area contributed by atoms with Crippen LogP contribution in [0.4, 0.5) is 0 Å². The molecule has 0 aromatic rings. The van der Waals surface area contributed by atoms with E-state index >= 15 is 0 Å². The third kappa shape index (κ3) is 5.57. The van der Waals surface area contributed by atoms with E-state index < -0.39 is 0 Å². The molecule has 2 heteroatoms. The zero-order valence-electron chi connectivity index (χ0n) is 13.8. The van der Waals surface area contributed by atoms with E-state index in [1.807, 2.05) is 6.08 Å². The average Bonchev–Trinajstić information content (AvgIpc) is 2.47. The van der Waals surface area contributed by atoms with Gasteiger partial charge in [0.2, 0.25) is 0 Å². The molecule has 0 aromatic carbocycles. The van der Waals surface area contributed by atoms with Crippen LogP contribution in [0.1, 0.15) is 78.1 Å². The zero-order chi connectivity index (χ0) is 14.7. The van der Waals surface area contributed by atoms with Gasteiger partial charge in [-0.25, -0.2) is 0 Å². The Kier molecular flexibility index (Phi) is 9.21. The van der Waals surface area contributed by atoms with E-state index in [0.717, 1.165) is 19.6 Å². The zero-order valence-corrected chi connectivity index (χ0v) is 13.8. The molecule has 20 heavy (non-hydrogen) atoms. The largest absolute Gasteiger partial charge is 0.374 e. The van der Waals surface area contributed by atoms with E-state index in [1.165, 1.54) is 57.8 Å². The molecule has 1 unspecified atom stereocenters. The Bertz CT molecular complexity index is 240. The fraction of sp³-hybridized carbons (Fsp3) is 0.889. The summed E-state index contributed by atoms with van der Waals surface area (Å²) in [5.74, 6) is 0. The minimum Gasteiger partial charge on any atom is -0.374 e. The fourth-order valence-electron chi connectivity index (χ4n) is 3.64. The normalized spacial score (nSPS) is 19.7. The van der Waals surface area contributed by atoms with Crippen molar-refractivity contribution in [1.82, 2.24) is 5.32 Å². The van der Waals surface area contributed by atoms with Crippen molar-refractivity contribution in [2.24, 2.45) is 0 Å². The Morgan fingerprint density at radius 1 is 1.15 bits per heavy atom. The van der Waals surface area contributed by atoms with Crippen LogP contribution in [0, 0.1) is 0 Å². The van der Waals surface area contributed by atoms with E-state index in [9.17, 15) is 0 Å². The molecule has 0 aliphatic heterocycles. The fourth-order valence-corrected chi connectivity index (χ4v) is 3.64. The molecule has 1 fully saturated rings. The van der Waals surface area contributed by atoms with Crippen molar-refractivity contribution >= 4 is 0 Å². The summed E-state index contributed by atoms with van der Waals surface area (Å²) in [6, 6.07) is 0.538. The summed E-state index contributed by atoms with van der Waals surface area (Å²) >= 11 is 0. The Labute approximate surface area is 126 Å². The van der Waals surface area contributed by atoms with Crippen molar-refractivity contribution < 1.29 is 4.74 Å². The van der Waals surface area contributed by atoms with Gasteiger partial charge in [-0.3, -0.25) is 0 Å². The summed E-state index contributed by atoms with van der Waals surface area (Å²) in [6.45, 7) is 10.1. The third-order valence-corrected chi connectivity index (χ3v) is 4.62. The van der Waals surface area contributed by atoms with Gasteiger partial charge in [-0.1, -0.05) is 45.1 Å². The number of rotatable bonds is 11. The van der Waals surface area contributed by atoms with Crippen LogP contribution < -0.4 is 5.32 Å². The highest BCUT2D eigenvalue weighted by Gasteiger charge is 2.39. The summed E-state index contributed by atoms with van der Waals surface area (Å²) in [5, 5.41) is 3.72. The molecule has 0 radical (unpaired) electrons. The monoisotopic (exact) mass is 281 g/mol. The van der Waals surface area contributed by atoms with Gasteiger partial charge in [0.1, 0.15) is 0 Å². The lowest BCUT2D eigenvalue weighted by Gasteiger charge is -2.44. The van der Waals surface area contributed by atoms with E-state index in [1.54, 1.807) is 0 Å². The highest BCUT2D eigenvalue weighted by atomic mass is 16.5. The Balaban J connectivity index is 2.52. The van der Waals surface area contributed by atoms with Crippen molar-refractivity contribution in [3.63, 3.8) is 0 Å². The van der Waals surface area contributed by atoms with Gasteiger partial charge in [0.05, 0.1) is 5.60 Å². The maximum absolute atomic E-state index is 6.28. The first-order valence-corrected chi connectivity index (χ1v) is 8.77. The molecule has 1 aliphatic rings. The number of hydrogen-bond acceptors (Lipinski definition) is 2. The molecule has 2 nitrogen and oxygen atoms in total. The second kappa shape index (κ2) is 10.4. The topological polar surface area (TPSA) is 21.3 Å². The maximum Gasteiger partial charge on any atom is 0.0834 e. The molecule has 0 heterocycles. The van der Waals surface area contributed by atoms with Gasteiger partial charge < -0.3 is 10.1 Å². The summed E-state index contributed by atoms with van der Waals surface area (Å²) in [5.41, 5.74) is 0.113. The molecular formula is C18H35NO. The molecule has 0 amide bonds. The number of ether oxygens (including phenoxy) is 1. The summed E-state index contributed by atoms with van der Waals surface area (Å²) in [7, 11) is 0. The highest BCUT2D eigenvalue weighted by Crippen LogP contribution is 2.36. The SMILES string of the molecule is C=CCCCCCC(NCC)C1(OCC)CCCCC1. The molecular weight excluding hydrogens is 246 g/mol. The first-order valence-electron chi connectivity index (χ1n) is 8.77. The molecule has 1 atom stereocenters. The molecule has 118 valence electrons. The quantitative estimate of drug-likeness (QED) is 0.432. The van der Waals surface area contributed by atoms with Crippen LogP contribution in [-0.4, -0.2) is 24.8 Å². The van der Waals surface area contributed by atoms with Crippen molar-refractivity contribution in [2.45, 2.75) is 89.7 Å². The van der Waals surface area contributed by atoms with Crippen LogP contribution in [-0.2, 0) is 4.74 Å². The first kappa shape index (κ1) is 17.7. The van der Waals surface area contributed by atoms with Gasteiger partial charge in [-0.15, -0.1) is 6.58 Å². The third-order valence-electron chi connectivity index (χ3n) is 4.62. The number of likely N-dealkylation sites (N-methyl/N-ethyl adjacent to an activating group) is 1. The molecule has 1 rings (SSSR count). The number of unbranched alkanes of at least 4 members (excludes halogenated alkanes) is 3. The molecule has 0 spiro atoms. The van der Waals surface area contributed by atoms with Crippen LogP contribution in [0.2, 0.25) is 0 Å². The van der Waals surface area contributed by atoms with Gasteiger partial charge in [-0.2, -0.15) is 0 Å². The highest BCUT2D eigenvalue weighted by molar-refractivity contribution is 4.95. The minimum absolute atomic E-state index is 0.113. The Morgan fingerprint density at radius 3 is 2.50 bits per heavy atom. The van der Waals surface area contributed by atoms with Crippen LogP contribution in [0.25, 0.3) is 0 Å². The van der Waals surface area contributed by atoms with Gasteiger partial charge in [0.25, 0.3) is 0 Å². The van der Waals surface area contributed by atoms with Gasteiger partial charge >= 0.3 is 0 Å². The van der Waals surface area contributed by atoms with Crippen LogP contribution in [0.3, 0.4) is 0 Å². The van der Waals surface area contributed by atoms with E-state index in [0.29, 0.717) is 6.04 Å². The van der Waals surface area contributed by atoms with Gasteiger partial charge in [0, 0.05) is 12.6 Å². The molecule has 0 aromatic heterocycles. The second-order valence-electron chi connectivity index (χ2n) is 6.10. The van der Waals surface area contributed by atoms with E-state index in [2.05, 4.69) is 25.7 Å². The van der Waals surface area contributed by atoms with Crippen LogP contribution in [0.5, 0.6) is 0 Å². The van der Waals surface area contributed by atoms with Crippen molar-refractivity contribution in [1.29, 1.82) is 0 Å². The second-order valence-corrected chi connectivity index (χ2v) is 6.10.